The van der Waals surface area contributed by atoms with Crippen molar-refractivity contribution in [3.63, 3.8) is 0 Å². The fraction of sp³-hybridized carbons (Fsp3) is 0.429. The predicted molar refractivity (Wildman–Crippen MR) is 170 cm³/mol. The molecule has 7 nitrogen and oxygen atoms in total. The van der Waals surface area contributed by atoms with Crippen molar-refractivity contribution < 1.29 is 28.3 Å². The van der Waals surface area contributed by atoms with Gasteiger partial charge in [0.2, 0.25) is 20.2 Å². The van der Waals surface area contributed by atoms with Crippen molar-refractivity contribution in [2.24, 2.45) is 5.92 Å². The molecule has 3 aliphatic rings. The molecule has 0 aromatic heterocycles. The van der Waals surface area contributed by atoms with Gasteiger partial charge in [-0.05, 0) is 66.9 Å². The van der Waals surface area contributed by atoms with Crippen molar-refractivity contribution in [3.05, 3.63) is 89.0 Å². The number of rotatable bonds is 7. The number of nitrogens with zero attached hydrogens (tertiary/aromatic N) is 2. The summed E-state index contributed by atoms with van der Waals surface area (Å²) in [7, 11) is -1.80. The van der Waals surface area contributed by atoms with Crippen molar-refractivity contribution in [1.29, 1.82) is 0 Å². The van der Waals surface area contributed by atoms with Gasteiger partial charge in [-0.25, -0.2) is 0 Å². The van der Waals surface area contributed by atoms with Gasteiger partial charge in [0.05, 0.1) is 24.4 Å². The van der Waals surface area contributed by atoms with Gasteiger partial charge >= 0.3 is 0 Å². The number of benzene rings is 3. The number of methoxy groups -OCH3 is 1. The predicted octanol–water partition coefficient (Wildman–Crippen LogP) is 6.26. The minimum Gasteiger partial charge on any atom is -0.490 e. The van der Waals surface area contributed by atoms with E-state index in [4.69, 9.17) is 9.47 Å². The maximum Gasteiger partial charge on any atom is 0.248 e. The molecule has 2 amide bonds. The highest BCUT2D eigenvalue weighted by Crippen LogP contribution is 2.49. The topological polar surface area (TPSA) is 79.3 Å². The van der Waals surface area contributed by atoms with Crippen LogP contribution in [0.1, 0.15) is 48.1 Å². The van der Waals surface area contributed by atoms with Crippen LogP contribution in [0.2, 0.25) is 18.6 Å². The zero-order valence-electron chi connectivity index (χ0n) is 25.8. The second-order valence-electron chi connectivity index (χ2n) is 12.9. The molecule has 3 aromatic carbocycles. The number of carbonyl (C=O) groups is 2. The SMILES string of the molecule is CO[C@@H]1c2cc(N3C(=O)CCc4ccccc43)ccc2O[C@H](C(CC(=O)N2Cc3ccccc3C[C@H]2CO)[Si](C)(C)F)[C@H]1C. The first-order valence-corrected chi connectivity index (χ1v) is 18.5. The summed E-state index contributed by atoms with van der Waals surface area (Å²) < 4.78 is 28.8. The average Bonchev–Trinajstić information content (AvgIpc) is 3.02. The van der Waals surface area contributed by atoms with E-state index in [1.165, 1.54) is 0 Å². The number of aliphatic hydroxyl groups is 1. The molecule has 0 saturated carbocycles. The van der Waals surface area contributed by atoms with Crippen LogP contribution in [0.4, 0.5) is 15.5 Å². The summed E-state index contributed by atoms with van der Waals surface area (Å²) in [5.74, 6) is 0.181. The lowest BCUT2D eigenvalue weighted by Crippen LogP contribution is -2.50. The van der Waals surface area contributed by atoms with Crippen LogP contribution in [0.5, 0.6) is 5.75 Å². The number of hydrogen-bond donors (Lipinski definition) is 1. The van der Waals surface area contributed by atoms with Crippen molar-refractivity contribution in [3.8, 4) is 5.75 Å². The molecule has 0 fully saturated rings. The molecule has 0 saturated heterocycles. The largest absolute Gasteiger partial charge is 0.490 e. The Kier molecular flexibility index (Phi) is 8.39. The number of fused-ring (bicyclic) bond motifs is 3. The van der Waals surface area contributed by atoms with Gasteiger partial charge in [-0.1, -0.05) is 49.4 Å². The minimum atomic E-state index is -3.44. The van der Waals surface area contributed by atoms with E-state index >= 15 is 4.11 Å². The molecule has 1 unspecified atom stereocenters. The van der Waals surface area contributed by atoms with E-state index < -0.39 is 26.2 Å². The van der Waals surface area contributed by atoms with Crippen LogP contribution in [-0.4, -0.2) is 56.1 Å². The van der Waals surface area contributed by atoms with E-state index in [0.717, 1.165) is 33.6 Å². The third-order valence-electron chi connectivity index (χ3n) is 9.72. The van der Waals surface area contributed by atoms with Crippen LogP contribution in [0.25, 0.3) is 0 Å². The number of aliphatic hydroxyl groups excluding tert-OH is 1. The van der Waals surface area contributed by atoms with Crippen molar-refractivity contribution >= 4 is 31.6 Å². The minimum absolute atomic E-state index is 0.00763. The lowest BCUT2D eigenvalue weighted by atomic mass is 9.85. The van der Waals surface area contributed by atoms with Gasteiger partial charge in [0.15, 0.2) is 0 Å². The summed E-state index contributed by atoms with van der Waals surface area (Å²) in [4.78, 5) is 30.5. The van der Waals surface area contributed by atoms with Gasteiger partial charge in [0, 0.05) is 49.2 Å². The number of para-hydroxylation sites is 1. The molecule has 6 rings (SSSR count). The van der Waals surface area contributed by atoms with Crippen LogP contribution >= 0.6 is 0 Å². The molecule has 0 radical (unpaired) electrons. The maximum atomic E-state index is 16.2. The summed E-state index contributed by atoms with van der Waals surface area (Å²) >= 11 is 0. The molecule has 9 heteroatoms. The van der Waals surface area contributed by atoms with Crippen LogP contribution in [0.3, 0.4) is 0 Å². The second kappa shape index (κ2) is 12.1. The van der Waals surface area contributed by atoms with Gasteiger partial charge in [0.1, 0.15) is 11.9 Å². The first kappa shape index (κ1) is 30.5. The molecule has 3 heterocycles. The lowest BCUT2D eigenvalue weighted by molar-refractivity contribution is -0.136. The van der Waals surface area contributed by atoms with Crippen LogP contribution in [-0.2, 0) is 33.7 Å². The summed E-state index contributed by atoms with van der Waals surface area (Å²) in [6.45, 7) is 5.50. The Balaban J connectivity index is 1.29. The highest BCUT2D eigenvalue weighted by atomic mass is 28.4. The van der Waals surface area contributed by atoms with Crippen molar-refractivity contribution in [2.45, 2.75) is 76.0 Å². The van der Waals surface area contributed by atoms with Gasteiger partial charge in [0.25, 0.3) is 0 Å². The summed E-state index contributed by atoms with van der Waals surface area (Å²) in [5, 5.41) is 10.2. The Bertz CT molecular complexity index is 1560. The Labute approximate surface area is 259 Å². The molecular weight excluding hydrogens is 575 g/mol. The molecule has 0 aliphatic carbocycles. The number of hydrogen-bond acceptors (Lipinski definition) is 5. The zero-order valence-corrected chi connectivity index (χ0v) is 26.8. The van der Waals surface area contributed by atoms with Crippen molar-refractivity contribution in [2.75, 3.05) is 18.6 Å². The Morgan fingerprint density at radius 3 is 2.48 bits per heavy atom. The second-order valence-corrected chi connectivity index (χ2v) is 16.8. The van der Waals surface area contributed by atoms with Gasteiger partial charge < -0.3 is 23.6 Å². The molecule has 44 heavy (non-hydrogen) atoms. The normalized spacial score (nSPS) is 23.7. The van der Waals surface area contributed by atoms with Crippen LogP contribution < -0.4 is 9.64 Å². The average molecular weight is 617 g/mol. The highest BCUT2D eigenvalue weighted by Gasteiger charge is 2.49. The number of amides is 2. The first-order valence-electron chi connectivity index (χ1n) is 15.5. The smallest absolute Gasteiger partial charge is 0.248 e. The fourth-order valence-electron chi connectivity index (χ4n) is 7.31. The third-order valence-corrected chi connectivity index (χ3v) is 12.0. The number of aryl methyl sites for hydroxylation is 1. The van der Waals surface area contributed by atoms with Gasteiger partial charge in [-0.2, -0.15) is 0 Å². The molecule has 3 aromatic rings. The molecule has 5 atom stereocenters. The molecule has 0 spiro atoms. The molecule has 3 aliphatic heterocycles. The first-order chi connectivity index (χ1) is 21.1. The summed E-state index contributed by atoms with van der Waals surface area (Å²) in [5.41, 5.74) is 5.10. The third kappa shape index (κ3) is 5.57. The number of ether oxygens (including phenoxy) is 2. The summed E-state index contributed by atoms with van der Waals surface area (Å²) in [6.07, 6.45) is 0.705. The Morgan fingerprint density at radius 1 is 1.07 bits per heavy atom. The quantitative estimate of drug-likeness (QED) is 0.250. The van der Waals surface area contributed by atoms with Crippen molar-refractivity contribution in [1.82, 2.24) is 4.90 Å². The van der Waals surface area contributed by atoms with Gasteiger partial charge in [-0.3, -0.25) is 14.5 Å². The molecule has 1 N–H and O–H groups in total. The fourth-order valence-corrected chi connectivity index (χ4v) is 9.13. The highest BCUT2D eigenvalue weighted by molar-refractivity contribution is 6.72. The Morgan fingerprint density at radius 2 is 1.77 bits per heavy atom. The van der Waals surface area contributed by atoms with Crippen LogP contribution in [0.15, 0.2) is 66.7 Å². The lowest BCUT2D eigenvalue weighted by Gasteiger charge is -2.44. The van der Waals surface area contributed by atoms with Gasteiger partial charge in [-0.15, -0.1) is 0 Å². The van der Waals surface area contributed by atoms with Crippen LogP contribution in [0, 0.1) is 5.92 Å². The number of anilines is 2. The van der Waals surface area contributed by atoms with E-state index in [-0.39, 0.29) is 36.8 Å². The number of carbonyl (C=O) groups excluding carboxylic acids is 2. The molecule has 0 bridgehead atoms. The Hall–Kier alpha value is -3.53. The summed E-state index contributed by atoms with van der Waals surface area (Å²) in [6, 6.07) is 21.2. The van der Waals surface area contributed by atoms with E-state index in [0.29, 0.717) is 31.6 Å². The molecular formula is C35H41FN2O5Si. The number of halogens is 1. The van der Waals surface area contributed by atoms with E-state index in [2.05, 4.69) is 6.07 Å². The maximum absolute atomic E-state index is 16.2. The van der Waals surface area contributed by atoms with E-state index in [1.54, 1.807) is 30.0 Å². The van der Waals surface area contributed by atoms with E-state index in [9.17, 15) is 14.7 Å². The zero-order chi connectivity index (χ0) is 31.2. The monoisotopic (exact) mass is 616 g/mol. The van der Waals surface area contributed by atoms with E-state index in [1.807, 2.05) is 67.6 Å². The molecule has 232 valence electrons. The standard InChI is InChI=1S/C35H41FN2O5Si/c1-22-34(42-2)28-18-26(38-29-12-8-7-9-23(29)13-16-32(38)40)14-15-30(28)43-35(22)31(44(3,4)36)19-33(41)37-20-25-11-6-5-10-24(25)17-27(37)21-39/h5-12,14-15,18,22,27,31,34-35,39H,13,16-17,19-21H2,1-4H3/t22-,27-,31?,34-,35-/m0/s1.